The van der Waals surface area contributed by atoms with Crippen molar-refractivity contribution in [1.29, 1.82) is 0 Å². The van der Waals surface area contributed by atoms with Crippen LogP contribution in [0.5, 0.6) is 0 Å². The second kappa shape index (κ2) is 7.57. The van der Waals surface area contributed by atoms with Crippen LogP contribution in [0.25, 0.3) is 0 Å². The highest BCUT2D eigenvalue weighted by atomic mass is 35.5. The molecular formula is C13H17ClN2O5S. The molecule has 0 saturated heterocycles. The summed E-state index contributed by atoms with van der Waals surface area (Å²) in [5.41, 5.74) is 0.0277. The molecule has 0 spiro atoms. The number of sulfonamides is 1. The number of rotatable bonds is 7. The van der Waals surface area contributed by atoms with Gasteiger partial charge in [-0.25, -0.2) is 12.7 Å². The fourth-order valence-electron chi connectivity index (χ4n) is 1.59. The van der Waals surface area contributed by atoms with Crippen molar-refractivity contribution in [3.8, 4) is 0 Å². The van der Waals surface area contributed by atoms with Crippen molar-refractivity contribution in [2.75, 3.05) is 20.6 Å². The molecule has 0 fully saturated rings. The van der Waals surface area contributed by atoms with Gasteiger partial charge in [-0.3, -0.25) is 9.59 Å². The molecule has 0 bridgehead atoms. The summed E-state index contributed by atoms with van der Waals surface area (Å²) in [4.78, 5) is 22.3. The summed E-state index contributed by atoms with van der Waals surface area (Å²) in [6.07, 6.45) is 0.206. The Morgan fingerprint density at radius 1 is 1.32 bits per heavy atom. The van der Waals surface area contributed by atoms with Crippen LogP contribution in [0.15, 0.2) is 23.1 Å². The smallest absolute Gasteiger partial charge is 0.303 e. The molecule has 0 aliphatic carbocycles. The first-order valence-electron chi connectivity index (χ1n) is 6.38. The Morgan fingerprint density at radius 3 is 2.50 bits per heavy atom. The predicted octanol–water partition coefficient (Wildman–Crippen LogP) is 1.18. The van der Waals surface area contributed by atoms with Crippen LogP contribution >= 0.6 is 11.6 Å². The summed E-state index contributed by atoms with van der Waals surface area (Å²) in [5, 5.41) is 11.1. The fourth-order valence-corrected chi connectivity index (χ4v) is 2.72. The lowest BCUT2D eigenvalue weighted by Crippen LogP contribution is -2.26. The zero-order valence-corrected chi connectivity index (χ0v) is 13.7. The number of halogens is 1. The molecule has 22 heavy (non-hydrogen) atoms. The van der Waals surface area contributed by atoms with Crippen LogP contribution in [0, 0.1) is 0 Å². The Bertz CT molecular complexity index is 673. The molecule has 0 saturated carbocycles. The van der Waals surface area contributed by atoms with E-state index in [0.717, 1.165) is 4.31 Å². The molecule has 0 radical (unpaired) electrons. The summed E-state index contributed by atoms with van der Waals surface area (Å²) >= 11 is 5.92. The zero-order valence-electron chi connectivity index (χ0n) is 12.2. The van der Waals surface area contributed by atoms with Crippen LogP contribution in [-0.4, -0.2) is 50.3 Å². The molecule has 7 nitrogen and oxygen atoms in total. The zero-order chi connectivity index (χ0) is 16.9. The number of carbonyl (C=O) groups excluding carboxylic acids is 1. The van der Waals surface area contributed by atoms with Gasteiger partial charge in [0.1, 0.15) is 0 Å². The minimum Gasteiger partial charge on any atom is -0.481 e. The third-order valence-electron chi connectivity index (χ3n) is 2.81. The van der Waals surface area contributed by atoms with Crippen molar-refractivity contribution in [2.24, 2.45) is 0 Å². The van der Waals surface area contributed by atoms with Gasteiger partial charge in [0.05, 0.1) is 15.5 Å². The van der Waals surface area contributed by atoms with Gasteiger partial charge in [0.15, 0.2) is 0 Å². The quantitative estimate of drug-likeness (QED) is 0.720. The number of carbonyl (C=O) groups is 2. The maximum absolute atomic E-state index is 12.0. The summed E-state index contributed by atoms with van der Waals surface area (Å²) in [7, 11) is -0.900. The van der Waals surface area contributed by atoms with Gasteiger partial charge in [-0.1, -0.05) is 11.6 Å². The fraction of sp³-hybridized carbons (Fsp3) is 0.385. The molecule has 0 aliphatic rings. The van der Waals surface area contributed by atoms with Crippen LogP contribution in [0.1, 0.15) is 23.2 Å². The molecule has 0 heterocycles. The maximum Gasteiger partial charge on any atom is 0.303 e. The van der Waals surface area contributed by atoms with E-state index in [4.69, 9.17) is 16.7 Å². The topological polar surface area (TPSA) is 104 Å². The SMILES string of the molecule is CN(C)S(=O)(=O)c1ccc(Cl)c(C(=O)NCCCC(=O)O)c1. The summed E-state index contributed by atoms with van der Waals surface area (Å²) in [6, 6.07) is 3.85. The van der Waals surface area contributed by atoms with Crippen LogP contribution < -0.4 is 5.32 Å². The first-order chi connectivity index (χ1) is 10.2. The van der Waals surface area contributed by atoms with Crippen molar-refractivity contribution in [3.63, 3.8) is 0 Å². The summed E-state index contributed by atoms with van der Waals surface area (Å²) < 4.78 is 25.1. The number of hydrogen-bond acceptors (Lipinski definition) is 4. The van der Waals surface area contributed by atoms with E-state index >= 15 is 0 Å². The summed E-state index contributed by atoms with van der Waals surface area (Å²) in [5.74, 6) is -1.50. The van der Waals surface area contributed by atoms with E-state index in [1.165, 1.54) is 32.3 Å². The third kappa shape index (κ3) is 4.69. The average Bonchev–Trinajstić information content (AvgIpc) is 2.43. The van der Waals surface area contributed by atoms with E-state index in [1.807, 2.05) is 0 Å². The van der Waals surface area contributed by atoms with Crippen LogP contribution in [0.2, 0.25) is 5.02 Å². The minimum atomic E-state index is -3.67. The molecule has 0 atom stereocenters. The number of hydrogen-bond donors (Lipinski definition) is 2. The van der Waals surface area contributed by atoms with Gasteiger partial charge in [0.2, 0.25) is 10.0 Å². The highest BCUT2D eigenvalue weighted by Gasteiger charge is 2.20. The standard InChI is InChI=1S/C13H17ClN2O5S/c1-16(2)22(20,21)9-5-6-11(14)10(8-9)13(19)15-7-3-4-12(17)18/h5-6,8H,3-4,7H2,1-2H3,(H,15,19)(H,17,18). The normalized spacial score (nSPS) is 11.5. The lowest BCUT2D eigenvalue weighted by molar-refractivity contribution is -0.137. The Morgan fingerprint density at radius 2 is 1.95 bits per heavy atom. The van der Waals surface area contributed by atoms with Crippen LogP contribution in [-0.2, 0) is 14.8 Å². The van der Waals surface area contributed by atoms with Gasteiger partial charge in [0.25, 0.3) is 5.91 Å². The van der Waals surface area contributed by atoms with E-state index in [9.17, 15) is 18.0 Å². The largest absolute Gasteiger partial charge is 0.481 e. The molecule has 1 aromatic rings. The number of amides is 1. The van der Waals surface area contributed by atoms with E-state index < -0.39 is 21.9 Å². The maximum atomic E-state index is 12.0. The molecule has 2 N–H and O–H groups in total. The third-order valence-corrected chi connectivity index (χ3v) is 4.95. The van der Waals surface area contributed by atoms with Crippen molar-refractivity contribution in [1.82, 2.24) is 9.62 Å². The molecule has 1 rings (SSSR count). The van der Waals surface area contributed by atoms with Crippen molar-refractivity contribution >= 4 is 33.5 Å². The Kier molecular flexibility index (Phi) is 6.34. The van der Waals surface area contributed by atoms with E-state index in [-0.39, 0.29) is 34.9 Å². The number of benzene rings is 1. The lowest BCUT2D eigenvalue weighted by Gasteiger charge is -2.13. The second-order valence-corrected chi connectivity index (χ2v) is 7.24. The van der Waals surface area contributed by atoms with Crippen molar-refractivity contribution < 1.29 is 23.1 Å². The van der Waals surface area contributed by atoms with E-state index in [0.29, 0.717) is 0 Å². The molecule has 0 aliphatic heterocycles. The number of nitrogens with zero attached hydrogens (tertiary/aromatic N) is 1. The number of carboxylic acid groups (broad SMARTS) is 1. The van der Waals surface area contributed by atoms with Gasteiger partial charge in [-0.2, -0.15) is 0 Å². The van der Waals surface area contributed by atoms with Gasteiger partial charge in [0, 0.05) is 27.1 Å². The Balaban J connectivity index is 2.91. The van der Waals surface area contributed by atoms with Gasteiger partial charge < -0.3 is 10.4 Å². The molecule has 1 amide bonds. The first kappa shape index (κ1) is 18.4. The molecule has 9 heteroatoms. The van der Waals surface area contributed by atoms with Crippen molar-refractivity contribution in [3.05, 3.63) is 28.8 Å². The summed E-state index contributed by atoms with van der Waals surface area (Å²) in [6.45, 7) is 0.159. The molecule has 0 unspecified atom stereocenters. The molecule has 122 valence electrons. The number of nitrogens with one attached hydrogen (secondary N) is 1. The highest BCUT2D eigenvalue weighted by Crippen LogP contribution is 2.22. The molecule has 1 aromatic carbocycles. The Hall–Kier alpha value is -1.64. The van der Waals surface area contributed by atoms with Gasteiger partial charge in [-0.15, -0.1) is 0 Å². The van der Waals surface area contributed by atoms with Crippen LogP contribution in [0.4, 0.5) is 0 Å². The number of aliphatic carboxylic acids is 1. The van der Waals surface area contributed by atoms with Crippen LogP contribution in [0.3, 0.4) is 0 Å². The van der Waals surface area contributed by atoms with Gasteiger partial charge in [-0.05, 0) is 24.6 Å². The lowest BCUT2D eigenvalue weighted by atomic mass is 10.2. The van der Waals surface area contributed by atoms with Crippen molar-refractivity contribution in [2.45, 2.75) is 17.7 Å². The predicted molar refractivity (Wildman–Crippen MR) is 81.5 cm³/mol. The van der Waals surface area contributed by atoms with E-state index in [1.54, 1.807) is 0 Å². The Labute approximate surface area is 133 Å². The van der Waals surface area contributed by atoms with Gasteiger partial charge >= 0.3 is 5.97 Å². The minimum absolute atomic E-state index is 0.0277. The second-order valence-electron chi connectivity index (χ2n) is 4.68. The van der Waals surface area contributed by atoms with E-state index in [2.05, 4.69) is 5.32 Å². The first-order valence-corrected chi connectivity index (χ1v) is 8.20. The molecular weight excluding hydrogens is 332 g/mol. The number of carboxylic acids is 1. The highest BCUT2D eigenvalue weighted by molar-refractivity contribution is 7.89. The molecule has 0 aromatic heterocycles. The average molecular weight is 349 g/mol. The monoisotopic (exact) mass is 348 g/mol.